The summed E-state index contributed by atoms with van der Waals surface area (Å²) in [6.07, 6.45) is 0.995. The molecule has 0 aliphatic rings. The zero-order chi connectivity index (χ0) is 20.1. The van der Waals surface area contributed by atoms with Crippen LogP contribution in [-0.4, -0.2) is 45.9 Å². The van der Waals surface area contributed by atoms with Crippen molar-refractivity contribution in [2.75, 3.05) is 27.4 Å². The highest BCUT2D eigenvalue weighted by atomic mass is 35.7. The first-order valence-corrected chi connectivity index (χ1v) is 12.7. The minimum atomic E-state index is -4.94. The number of rotatable bonds is 5. The van der Waals surface area contributed by atoms with E-state index in [2.05, 4.69) is 33.7 Å². The number of hydrogen-bond acceptors (Lipinski definition) is 6. The van der Waals surface area contributed by atoms with Crippen LogP contribution in [0, 0.1) is 10.2 Å². The average Bonchev–Trinajstić information content (AvgIpc) is 2.36. The maximum Gasteiger partial charge on any atom is 0.369 e. The number of methoxy groups -OCH3 is 1. The van der Waals surface area contributed by atoms with Crippen molar-refractivity contribution in [1.82, 2.24) is 0 Å². The van der Waals surface area contributed by atoms with Gasteiger partial charge in [0.1, 0.15) is 8.07 Å². The lowest BCUT2D eigenvalue weighted by Gasteiger charge is -2.40. The first-order valence-electron chi connectivity index (χ1n) is 7.34. The molecule has 0 spiro atoms. The minimum Gasteiger partial charge on any atom is -0.464 e. The molecule has 10 heteroatoms. The molecule has 1 atom stereocenters. The van der Waals surface area contributed by atoms with E-state index in [-0.39, 0.29) is 12.0 Å². The Morgan fingerprint density at radius 2 is 1.56 bits per heavy atom. The van der Waals surface area contributed by atoms with Crippen LogP contribution in [0.1, 0.15) is 11.6 Å². The smallest absolute Gasteiger partial charge is 0.369 e. The Balaban J connectivity index is 0.00000101. The lowest BCUT2D eigenvalue weighted by atomic mass is 10.0. The highest BCUT2D eigenvalue weighted by Gasteiger charge is 2.40. The molecule has 0 fully saturated rings. The number of esters is 1. The largest absolute Gasteiger partial charge is 0.464 e. The van der Waals surface area contributed by atoms with Crippen molar-refractivity contribution in [2.24, 2.45) is 0 Å². The van der Waals surface area contributed by atoms with Crippen LogP contribution in [-0.2, 0) is 9.53 Å². The van der Waals surface area contributed by atoms with Crippen molar-refractivity contribution in [2.45, 2.75) is 25.7 Å². The molecule has 7 nitrogen and oxygen atoms in total. The first kappa shape index (κ1) is 24.3. The summed E-state index contributed by atoms with van der Waals surface area (Å²) in [7, 11) is -0.636. The molecule has 0 saturated heterocycles. The summed E-state index contributed by atoms with van der Waals surface area (Å²) < 4.78 is 39.6. The summed E-state index contributed by atoms with van der Waals surface area (Å²) in [5.41, 5.74) is 0.949. The van der Waals surface area contributed by atoms with Crippen LogP contribution < -0.4 is 18.6 Å². The van der Waals surface area contributed by atoms with Gasteiger partial charge in [-0.05, 0) is 12.1 Å². The van der Waals surface area contributed by atoms with Gasteiger partial charge in [-0.3, -0.25) is 0 Å². The van der Waals surface area contributed by atoms with Crippen LogP contribution in [0.3, 0.4) is 0 Å². The van der Waals surface area contributed by atoms with E-state index in [1.165, 1.54) is 7.11 Å². The van der Waals surface area contributed by atoms with E-state index in [9.17, 15) is 4.79 Å². The van der Waals surface area contributed by atoms with Crippen molar-refractivity contribution in [1.29, 1.82) is 0 Å². The second kappa shape index (κ2) is 9.29. The molecule has 1 aromatic rings. The van der Waals surface area contributed by atoms with Crippen LogP contribution >= 0.6 is 11.6 Å². The number of likely N-dealkylation sites (N-methyl/N-ethyl adjacent to an activating group) is 1. The summed E-state index contributed by atoms with van der Waals surface area (Å²) in [6.45, 7) is 6.93. The monoisotopic (exact) mass is 413 g/mol. The molecular formula is C15H25Cl2NO6Si. The maximum atomic E-state index is 12.3. The van der Waals surface area contributed by atoms with E-state index in [0.29, 0.717) is 9.51 Å². The SMILES string of the molecule is COC(=O)C(c1ccc(Cl)cc1)[N+](C)(C)C[Si](C)(C)C.[O-][Cl+3]([O-])([O-])[O-]. The molecule has 0 bridgehead atoms. The lowest BCUT2D eigenvalue weighted by Crippen LogP contribution is -2.68. The van der Waals surface area contributed by atoms with Crippen molar-refractivity contribution >= 4 is 25.6 Å². The molecule has 1 rings (SSSR count). The summed E-state index contributed by atoms with van der Waals surface area (Å²) in [6, 6.07) is 7.15. The molecule has 1 aromatic carbocycles. The Hall–Kier alpha value is -0.713. The van der Waals surface area contributed by atoms with Gasteiger partial charge in [0.2, 0.25) is 6.04 Å². The molecule has 0 saturated carbocycles. The molecule has 0 amide bonds. The highest BCUT2D eigenvalue weighted by Crippen LogP contribution is 2.29. The second-order valence-corrected chi connectivity index (χ2v) is 14.0. The summed E-state index contributed by atoms with van der Waals surface area (Å²) in [5.74, 6) is -0.199. The number of halogens is 2. The van der Waals surface area contributed by atoms with Crippen molar-refractivity contribution in [3.8, 4) is 0 Å². The Morgan fingerprint density at radius 1 is 1.16 bits per heavy atom. The molecule has 0 heterocycles. The van der Waals surface area contributed by atoms with E-state index in [4.69, 9.17) is 35.0 Å². The van der Waals surface area contributed by atoms with E-state index in [1.54, 1.807) is 0 Å². The van der Waals surface area contributed by atoms with Crippen molar-refractivity contribution in [3.05, 3.63) is 34.9 Å². The average molecular weight is 414 g/mol. The van der Waals surface area contributed by atoms with Gasteiger partial charge in [-0.25, -0.2) is 23.4 Å². The Labute approximate surface area is 156 Å². The summed E-state index contributed by atoms with van der Waals surface area (Å²) >= 11 is 5.94. The quantitative estimate of drug-likeness (QED) is 0.338. The Bertz CT molecular complexity index is 549. The number of ether oxygens (including phenoxy) is 1. The van der Waals surface area contributed by atoms with Gasteiger partial charge in [0, 0.05) is 10.6 Å². The van der Waals surface area contributed by atoms with Gasteiger partial charge in [-0.15, -0.1) is 10.2 Å². The molecule has 0 N–H and O–H groups in total. The molecule has 0 aliphatic heterocycles. The van der Waals surface area contributed by atoms with E-state index >= 15 is 0 Å². The van der Waals surface area contributed by atoms with Crippen LogP contribution in [0.15, 0.2) is 24.3 Å². The van der Waals surface area contributed by atoms with Crippen LogP contribution in [0.25, 0.3) is 0 Å². The predicted molar refractivity (Wildman–Crippen MR) is 86.5 cm³/mol. The molecule has 0 aromatic heterocycles. The lowest BCUT2D eigenvalue weighted by molar-refractivity contribution is -2.00. The zero-order valence-electron chi connectivity index (χ0n) is 15.2. The number of nitrogens with zero attached hydrogens (tertiary/aromatic N) is 1. The van der Waals surface area contributed by atoms with Gasteiger partial charge in [-0.2, -0.15) is 0 Å². The number of quaternary nitrogens is 1. The number of benzene rings is 1. The zero-order valence-corrected chi connectivity index (χ0v) is 17.8. The third-order valence-corrected chi connectivity index (χ3v) is 5.21. The van der Waals surface area contributed by atoms with Gasteiger partial charge in [-0.1, -0.05) is 43.4 Å². The molecule has 144 valence electrons. The van der Waals surface area contributed by atoms with Crippen LogP contribution in [0.2, 0.25) is 24.7 Å². The fourth-order valence-electron chi connectivity index (χ4n) is 2.90. The van der Waals surface area contributed by atoms with Gasteiger partial charge in [0.25, 0.3) is 0 Å². The fourth-order valence-corrected chi connectivity index (χ4v) is 5.65. The van der Waals surface area contributed by atoms with E-state index in [1.807, 2.05) is 24.3 Å². The predicted octanol–water partition coefficient (Wildman–Crippen LogP) is -1.25. The number of carbonyl (C=O) groups excluding carboxylic acids is 1. The normalized spacial score (nSPS) is 13.6. The Morgan fingerprint density at radius 3 is 1.88 bits per heavy atom. The second-order valence-electron chi connectivity index (χ2n) is 7.35. The third-order valence-electron chi connectivity index (χ3n) is 3.19. The molecule has 0 radical (unpaired) electrons. The van der Waals surface area contributed by atoms with E-state index in [0.717, 1.165) is 11.7 Å². The van der Waals surface area contributed by atoms with Crippen LogP contribution in [0.5, 0.6) is 0 Å². The topological polar surface area (TPSA) is 119 Å². The molecular weight excluding hydrogens is 389 g/mol. The maximum absolute atomic E-state index is 12.3. The minimum absolute atomic E-state index is 0.199. The highest BCUT2D eigenvalue weighted by molar-refractivity contribution is 6.76. The Kier molecular flexibility index (Phi) is 9.02. The first-order chi connectivity index (χ1) is 11.1. The molecule has 1 unspecified atom stereocenters. The van der Waals surface area contributed by atoms with Crippen molar-refractivity contribution < 1.29 is 42.9 Å². The van der Waals surface area contributed by atoms with E-state index < -0.39 is 18.3 Å². The molecule has 0 aliphatic carbocycles. The standard InChI is InChI=1S/C15H25ClNO2Si.ClHO4/c1-17(2,11-20(4,5)6)14(15(18)19-3)12-7-9-13(16)10-8-12;2-1(3,4)5/h7-10,14H,11H2,1-6H3;(H,2,3,4,5)/q+1;/p-1. The summed E-state index contributed by atoms with van der Waals surface area (Å²) in [5, 5.41) is 0.674. The number of hydrogen-bond donors (Lipinski definition) is 0. The third kappa shape index (κ3) is 10.8. The molecule has 25 heavy (non-hydrogen) atoms. The number of carbonyl (C=O) groups is 1. The van der Waals surface area contributed by atoms with Gasteiger partial charge >= 0.3 is 5.97 Å². The van der Waals surface area contributed by atoms with Crippen LogP contribution in [0.4, 0.5) is 0 Å². The fraction of sp³-hybridized carbons (Fsp3) is 0.533. The summed E-state index contributed by atoms with van der Waals surface area (Å²) in [4.78, 5) is 12.3. The van der Waals surface area contributed by atoms with Gasteiger partial charge < -0.3 is 9.22 Å². The van der Waals surface area contributed by atoms with Gasteiger partial charge in [0.15, 0.2) is 0 Å². The van der Waals surface area contributed by atoms with Crippen molar-refractivity contribution in [3.63, 3.8) is 0 Å². The van der Waals surface area contributed by atoms with Gasteiger partial charge in [0.05, 0.1) is 27.4 Å².